The zero-order valence-electron chi connectivity index (χ0n) is 19.4. The highest BCUT2D eigenvalue weighted by Crippen LogP contribution is 2.33. The summed E-state index contributed by atoms with van der Waals surface area (Å²) in [6, 6.07) is 9.13. The maximum atomic E-state index is 14.4. The van der Waals surface area contributed by atoms with E-state index in [4.69, 9.17) is 23.2 Å². The molecule has 186 valence electrons. The average Bonchev–Trinajstić information content (AvgIpc) is 2.77. The van der Waals surface area contributed by atoms with E-state index in [2.05, 4.69) is 5.32 Å². The zero-order valence-corrected chi connectivity index (χ0v) is 21.7. The lowest BCUT2D eigenvalue weighted by atomic mass is 10.1. The number of amides is 2. The van der Waals surface area contributed by atoms with Gasteiger partial charge in [0.25, 0.3) is 0 Å². The highest BCUT2D eigenvalue weighted by atomic mass is 35.5. The third-order valence-corrected chi connectivity index (χ3v) is 7.28. The van der Waals surface area contributed by atoms with E-state index in [9.17, 15) is 22.4 Å². The Bertz CT molecular complexity index is 1150. The second kappa shape index (κ2) is 11.9. The molecular weight excluding hydrogens is 504 g/mol. The van der Waals surface area contributed by atoms with E-state index in [1.807, 2.05) is 13.8 Å². The molecule has 0 spiro atoms. The molecule has 0 unspecified atom stereocenters. The Morgan fingerprint density at radius 2 is 1.74 bits per heavy atom. The van der Waals surface area contributed by atoms with Gasteiger partial charge in [-0.25, -0.2) is 12.8 Å². The molecule has 2 rings (SSSR count). The molecule has 0 radical (unpaired) electrons. The summed E-state index contributed by atoms with van der Waals surface area (Å²) < 4.78 is 40.3. The number of benzene rings is 2. The Balaban J connectivity index is 2.45. The van der Waals surface area contributed by atoms with Crippen LogP contribution in [0.25, 0.3) is 0 Å². The van der Waals surface area contributed by atoms with Crippen LogP contribution in [0, 0.1) is 5.82 Å². The van der Waals surface area contributed by atoms with Gasteiger partial charge in [-0.3, -0.25) is 13.9 Å². The molecule has 2 atom stereocenters. The van der Waals surface area contributed by atoms with Gasteiger partial charge in [0.2, 0.25) is 21.8 Å². The normalized spacial score (nSPS) is 13.1. The molecule has 0 aromatic heterocycles. The van der Waals surface area contributed by atoms with Gasteiger partial charge in [-0.1, -0.05) is 54.4 Å². The fourth-order valence-electron chi connectivity index (χ4n) is 3.14. The fraction of sp³-hybridized carbons (Fsp3) is 0.391. The summed E-state index contributed by atoms with van der Waals surface area (Å²) in [7, 11) is -3.97. The van der Waals surface area contributed by atoms with Gasteiger partial charge in [-0.15, -0.1) is 0 Å². The molecule has 0 aliphatic heterocycles. The first-order chi connectivity index (χ1) is 15.9. The van der Waals surface area contributed by atoms with E-state index in [0.717, 1.165) is 15.5 Å². The molecule has 34 heavy (non-hydrogen) atoms. The number of hydrogen-bond donors (Lipinski definition) is 1. The molecule has 2 aromatic rings. The number of sulfonamides is 1. The summed E-state index contributed by atoms with van der Waals surface area (Å²) in [5, 5.41) is 2.88. The van der Waals surface area contributed by atoms with Gasteiger partial charge in [-0.05, 0) is 38.5 Å². The molecule has 0 heterocycles. The van der Waals surface area contributed by atoms with Crippen LogP contribution >= 0.6 is 23.2 Å². The first kappa shape index (κ1) is 27.9. The van der Waals surface area contributed by atoms with Crippen LogP contribution in [0.4, 0.5) is 10.1 Å². The van der Waals surface area contributed by atoms with Crippen LogP contribution in [0.15, 0.2) is 42.5 Å². The van der Waals surface area contributed by atoms with Gasteiger partial charge in [-0.2, -0.15) is 0 Å². The summed E-state index contributed by atoms with van der Waals surface area (Å²) in [6.07, 6.45) is 1.60. The van der Waals surface area contributed by atoms with Crippen molar-refractivity contribution in [1.29, 1.82) is 0 Å². The van der Waals surface area contributed by atoms with Crippen molar-refractivity contribution in [3.05, 3.63) is 63.9 Å². The highest BCUT2D eigenvalue weighted by Gasteiger charge is 2.31. The summed E-state index contributed by atoms with van der Waals surface area (Å²) in [6.45, 7) is 4.33. The number of nitrogens with zero attached hydrogens (tertiary/aromatic N) is 2. The predicted octanol–water partition coefficient (Wildman–Crippen LogP) is 4.23. The molecule has 0 saturated carbocycles. The van der Waals surface area contributed by atoms with Gasteiger partial charge in [0, 0.05) is 18.2 Å². The van der Waals surface area contributed by atoms with E-state index >= 15 is 0 Å². The van der Waals surface area contributed by atoms with Crippen LogP contribution < -0.4 is 9.62 Å². The summed E-state index contributed by atoms with van der Waals surface area (Å²) in [4.78, 5) is 27.4. The maximum absolute atomic E-state index is 14.4. The monoisotopic (exact) mass is 531 g/mol. The van der Waals surface area contributed by atoms with Crippen molar-refractivity contribution in [3.8, 4) is 0 Å². The SMILES string of the molecule is CC[C@H](C)NC(=O)[C@H](C)N(Cc1ccccc1F)C(=O)CN(c1cccc(Cl)c1Cl)S(C)(=O)=O. The van der Waals surface area contributed by atoms with Crippen LogP contribution in [0.5, 0.6) is 0 Å². The second-order valence-corrected chi connectivity index (χ2v) is 10.6. The number of anilines is 1. The Kier molecular flexibility index (Phi) is 9.73. The standard InChI is InChI=1S/C23H28Cl2FN3O4S/c1-5-15(2)27-23(31)16(3)28(13-17-9-6-7-11-19(17)26)21(30)14-29(34(4,32)33)20-12-8-10-18(24)22(20)25/h6-12,15-16H,5,13-14H2,1-4H3,(H,27,31)/t15-,16-/m0/s1. The van der Waals surface area contributed by atoms with E-state index in [1.54, 1.807) is 6.07 Å². The number of halogens is 3. The van der Waals surface area contributed by atoms with E-state index in [-0.39, 0.29) is 33.9 Å². The lowest BCUT2D eigenvalue weighted by Gasteiger charge is -2.32. The fourth-order valence-corrected chi connectivity index (χ4v) is 4.44. The quantitative estimate of drug-likeness (QED) is 0.496. The molecule has 2 aromatic carbocycles. The maximum Gasteiger partial charge on any atom is 0.244 e. The first-order valence-corrected chi connectivity index (χ1v) is 13.2. The van der Waals surface area contributed by atoms with Crippen molar-refractivity contribution < 1.29 is 22.4 Å². The molecule has 0 fully saturated rings. The molecular formula is C23H28Cl2FN3O4S. The molecule has 2 amide bonds. The van der Waals surface area contributed by atoms with Crippen molar-refractivity contribution in [2.45, 2.75) is 45.8 Å². The molecule has 0 aliphatic rings. The topological polar surface area (TPSA) is 86.8 Å². The third-order valence-electron chi connectivity index (χ3n) is 5.35. The van der Waals surface area contributed by atoms with Gasteiger partial charge >= 0.3 is 0 Å². The van der Waals surface area contributed by atoms with Crippen LogP contribution in [0.2, 0.25) is 10.0 Å². The number of rotatable bonds is 10. The predicted molar refractivity (Wildman–Crippen MR) is 133 cm³/mol. The third kappa shape index (κ3) is 7.07. The van der Waals surface area contributed by atoms with Gasteiger partial charge in [0.15, 0.2) is 0 Å². The molecule has 0 aliphatic carbocycles. The average molecular weight is 532 g/mol. The van der Waals surface area contributed by atoms with Crippen LogP contribution in [-0.2, 0) is 26.2 Å². The van der Waals surface area contributed by atoms with Crippen molar-refractivity contribution in [2.75, 3.05) is 17.1 Å². The van der Waals surface area contributed by atoms with Gasteiger partial charge < -0.3 is 10.2 Å². The Morgan fingerprint density at radius 3 is 2.32 bits per heavy atom. The number of nitrogens with one attached hydrogen (secondary N) is 1. The van der Waals surface area contributed by atoms with Crippen molar-refractivity contribution in [3.63, 3.8) is 0 Å². The number of hydrogen-bond acceptors (Lipinski definition) is 4. The minimum atomic E-state index is -3.97. The van der Waals surface area contributed by atoms with Gasteiger partial charge in [0.05, 0.1) is 22.0 Å². The van der Waals surface area contributed by atoms with Crippen molar-refractivity contribution >= 4 is 50.7 Å². The summed E-state index contributed by atoms with van der Waals surface area (Å²) in [5.41, 5.74) is 0.207. The molecule has 1 N–H and O–H groups in total. The van der Waals surface area contributed by atoms with Crippen LogP contribution in [-0.4, -0.2) is 50.0 Å². The Labute approximate surface area is 209 Å². The molecule has 7 nitrogen and oxygen atoms in total. The van der Waals surface area contributed by atoms with Gasteiger partial charge in [0.1, 0.15) is 18.4 Å². The summed E-state index contributed by atoms with van der Waals surface area (Å²) in [5.74, 6) is -1.70. The molecule has 0 bridgehead atoms. The van der Waals surface area contributed by atoms with E-state index in [1.165, 1.54) is 43.3 Å². The first-order valence-electron chi connectivity index (χ1n) is 10.6. The van der Waals surface area contributed by atoms with Crippen molar-refractivity contribution in [2.24, 2.45) is 0 Å². The number of carbonyl (C=O) groups is 2. The minimum Gasteiger partial charge on any atom is -0.352 e. The van der Waals surface area contributed by atoms with E-state index in [0.29, 0.717) is 6.42 Å². The number of carbonyl (C=O) groups excluding carboxylic acids is 2. The second-order valence-electron chi connectivity index (χ2n) is 7.95. The van der Waals surface area contributed by atoms with Crippen molar-refractivity contribution in [1.82, 2.24) is 10.2 Å². The lowest BCUT2D eigenvalue weighted by Crippen LogP contribution is -2.52. The minimum absolute atomic E-state index is 0.0209. The zero-order chi connectivity index (χ0) is 25.6. The Hall–Kier alpha value is -2.36. The Morgan fingerprint density at radius 1 is 1.09 bits per heavy atom. The summed E-state index contributed by atoms with van der Waals surface area (Å²) >= 11 is 12.3. The molecule has 11 heteroatoms. The smallest absolute Gasteiger partial charge is 0.244 e. The molecule has 0 saturated heterocycles. The van der Waals surface area contributed by atoms with Crippen LogP contribution in [0.3, 0.4) is 0 Å². The van der Waals surface area contributed by atoms with E-state index < -0.39 is 40.2 Å². The lowest BCUT2D eigenvalue weighted by molar-refractivity contribution is -0.139. The highest BCUT2D eigenvalue weighted by molar-refractivity contribution is 7.92. The van der Waals surface area contributed by atoms with Crippen LogP contribution in [0.1, 0.15) is 32.8 Å². The largest absolute Gasteiger partial charge is 0.352 e.